The van der Waals surface area contributed by atoms with Crippen molar-refractivity contribution in [2.45, 2.75) is 18.9 Å². The van der Waals surface area contributed by atoms with Gasteiger partial charge in [-0.25, -0.2) is 0 Å². The van der Waals surface area contributed by atoms with Crippen LogP contribution in [0, 0.1) is 11.3 Å². The summed E-state index contributed by atoms with van der Waals surface area (Å²) in [5, 5.41) is 12.1. The highest BCUT2D eigenvalue weighted by molar-refractivity contribution is 9.10. The van der Waals surface area contributed by atoms with E-state index in [0.717, 1.165) is 18.5 Å². The average Bonchev–Trinajstić information content (AvgIpc) is 2.90. The van der Waals surface area contributed by atoms with Crippen LogP contribution in [-0.4, -0.2) is 6.61 Å². The van der Waals surface area contributed by atoms with E-state index in [-0.39, 0.29) is 6.61 Å². The minimum Gasteiger partial charge on any atom is -0.479 e. The Morgan fingerprint density at radius 1 is 1.29 bits per heavy atom. The summed E-state index contributed by atoms with van der Waals surface area (Å²) in [7, 11) is 0. The van der Waals surface area contributed by atoms with Crippen molar-refractivity contribution in [3.05, 3.63) is 58.1 Å². The molecule has 0 saturated carbocycles. The first-order chi connectivity index (χ1) is 10.3. The molecule has 2 aromatic carbocycles. The zero-order valence-electron chi connectivity index (χ0n) is 11.5. The van der Waals surface area contributed by atoms with Gasteiger partial charge in [0.15, 0.2) is 6.61 Å². The molecule has 21 heavy (non-hydrogen) atoms. The standard InChI is InChI=1S/C17H15BrN2O/c18-16-6-2-5-15-14(16)7-8-17(15)20-12-3-1-4-13(11-12)21-10-9-19/h1-6,11,17,20H,7-8,10H2. The molecule has 0 bridgehead atoms. The van der Waals surface area contributed by atoms with Gasteiger partial charge in [0, 0.05) is 16.2 Å². The van der Waals surface area contributed by atoms with E-state index in [4.69, 9.17) is 10.00 Å². The van der Waals surface area contributed by atoms with Gasteiger partial charge in [-0.3, -0.25) is 0 Å². The van der Waals surface area contributed by atoms with Crippen molar-refractivity contribution < 1.29 is 4.74 Å². The number of nitriles is 1. The van der Waals surface area contributed by atoms with Crippen LogP contribution in [0.15, 0.2) is 46.9 Å². The number of halogens is 1. The summed E-state index contributed by atoms with van der Waals surface area (Å²) in [5.74, 6) is 0.717. The van der Waals surface area contributed by atoms with Crippen molar-refractivity contribution in [1.82, 2.24) is 0 Å². The highest BCUT2D eigenvalue weighted by Crippen LogP contribution is 2.37. The van der Waals surface area contributed by atoms with Crippen LogP contribution in [0.3, 0.4) is 0 Å². The zero-order chi connectivity index (χ0) is 14.7. The van der Waals surface area contributed by atoms with E-state index in [2.05, 4.69) is 39.4 Å². The minimum atomic E-state index is 0.0721. The summed E-state index contributed by atoms with van der Waals surface area (Å²) in [6.45, 7) is 0.0721. The van der Waals surface area contributed by atoms with E-state index in [1.54, 1.807) is 0 Å². The largest absolute Gasteiger partial charge is 0.479 e. The molecule has 106 valence electrons. The Bertz CT molecular complexity index is 693. The van der Waals surface area contributed by atoms with Gasteiger partial charge < -0.3 is 10.1 Å². The third kappa shape index (κ3) is 3.03. The molecule has 0 radical (unpaired) electrons. The van der Waals surface area contributed by atoms with Gasteiger partial charge in [0.05, 0.1) is 6.04 Å². The van der Waals surface area contributed by atoms with Crippen molar-refractivity contribution >= 4 is 21.6 Å². The Hall–Kier alpha value is -1.99. The fourth-order valence-electron chi connectivity index (χ4n) is 2.75. The summed E-state index contributed by atoms with van der Waals surface area (Å²) < 4.78 is 6.53. The van der Waals surface area contributed by atoms with E-state index in [1.165, 1.54) is 15.6 Å². The molecule has 0 heterocycles. The van der Waals surface area contributed by atoms with Crippen LogP contribution < -0.4 is 10.1 Å². The van der Waals surface area contributed by atoms with E-state index in [1.807, 2.05) is 30.3 Å². The third-order valence-electron chi connectivity index (χ3n) is 3.69. The Balaban J connectivity index is 1.77. The first kappa shape index (κ1) is 14.0. The lowest BCUT2D eigenvalue weighted by atomic mass is 10.1. The lowest BCUT2D eigenvalue weighted by Crippen LogP contribution is -2.07. The Labute approximate surface area is 132 Å². The molecule has 1 N–H and O–H groups in total. The van der Waals surface area contributed by atoms with Crippen LogP contribution in [0.4, 0.5) is 5.69 Å². The summed E-state index contributed by atoms with van der Waals surface area (Å²) in [6, 6.07) is 16.4. The quantitative estimate of drug-likeness (QED) is 0.892. The van der Waals surface area contributed by atoms with Gasteiger partial charge in [0.2, 0.25) is 0 Å². The maximum absolute atomic E-state index is 8.57. The molecule has 0 spiro atoms. The number of hydrogen-bond acceptors (Lipinski definition) is 3. The molecule has 1 atom stereocenters. The SMILES string of the molecule is N#CCOc1cccc(NC2CCc3c(Br)cccc32)c1. The number of nitrogens with zero attached hydrogens (tertiary/aromatic N) is 1. The molecule has 1 aliphatic rings. The van der Waals surface area contributed by atoms with Gasteiger partial charge in [-0.1, -0.05) is 34.1 Å². The number of ether oxygens (including phenoxy) is 1. The molecule has 2 aromatic rings. The van der Waals surface area contributed by atoms with Gasteiger partial charge in [-0.15, -0.1) is 0 Å². The molecule has 0 saturated heterocycles. The fraction of sp³-hybridized carbons (Fsp3) is 0.235. The summed E-state index contributed by atoms with van der Waals surface area (Å²) >= 11 is 3.62. The number of benzene rings is 2. The van der Waals surface area contributed by atoms with Crippen LogP contribution in [0.2, 0.25) is 0 Å². The molecule has 3 nitrogen and oxygen atoms in total. The molecule has 4 heteroatoms. The van der Waals surface area contributed by atoms with Gasteiger partial charge in [-0.2, -0.15) is 5.26 Å². The number of nitrogens with one attached hydrogen (secondary N) is 1. The van der Waals surface area contributed by atoms with Crippen LogP contribution in [0.5, 0.6) is 5.75 Å². The first-order valence-electron chi connectivity index (χ1n) is 6.91. The minimum absolute atomic E-state index is 0.0721. The average molecular weight is 343 g/mol. The number of fused-ring (bicyclic) bond motifs is 1. The Kier molecular flexibility index (Phi) is 4.12. The number of hydrogen-bond donors (Lipinski definition) is 1. The molecule has 3 rings (SSSR count). The van der Waals surface area contributed by atoms with E-state index in [0.29, 0.717) is 11.8 Å². The monoisotopic (exact) mass is 342 g/mol. The summed E-state index contributed by atoms with van der Waals surface area (Å²) in [4.78, 5) is 0. The van der Waals surface area contributed by atoms with Crippen LogP contribution in [0.1, 0.15) is 23.6 Å². The predicted octanol–water partition coefficient (Wildman–Crippen LogP) is 4.45. The van der Waals surface area contributed by atoms with Crippen molar-refractivity contribution in [3.63, 3.8) is 0 Å². The van der Waals surface area contributed by atoms with E-state index < -0.39 is 0 Å². The normalized spacial score (nSPS) is 16.1. The summed E-state index contributed by atoms with van der Waals surface area (Å²) in [6.07, 6.45) is 2.17. The van der Waals surface area contributed by atoms with Crippen LogP contribution in [0.25, 0.3) is 0 Å². The third-order valence-corrected chi connectivity index (χ3v) is 4.43. The lowest BCUT2D eigenvalue weighted by molar-refractivity contribution is 0.368. The van der Waals surface area contributed by atoms with Gasteiger partial charge in [0.25, 0.3) is 0 Å². The molecule has 1 unspecified atom stereocenters. The highest BCUT2D eigenvalue weighted by atomic mass is 79.9. The molecular weight excluding hydrogens is 328 g/mol. The van der Waals surface area contributed by atoms with Crippen molar-refractivity contribution in [2.75, 3.05) is 11.9 Å². The van der Waals surface area contributed by atoms with Gasteiger partial charge in [-0.05, 0) is 42.2 Å². The Morgan fingerprint density at radius 2 is 2.14 bits per heavy atom. The molecule has 0 aromatic heterocycles. The van der Waals surface area contributed by atoms with Crippen molar-refractivity contribution in [2.24, 2.45) is 0 Å². The van der Waals surface area contributed by atoms with Gasteiger partial charge in [0.1, 0.15) is 11.8 Å². The van der Waals surface area contributed by atoms with E-state index in [9.17, 15) is 0 Å². The fourth-order valence-corrected chi connectivity index (χ4v) is 3.33. The smallest absolute Gasteiger partial charge is 0.174 e. The zero-order valence-corrected chi connectivity index (χ0v) is 13.1. The first-order valence-corrected chi connectivity index (χ1v) is 7.71. The second-order valence-electron chi connectivity index (χ2n) is 5.02. The second kappa shape index (κ2) is 6.19. The second-order valence-corrected chi connectivity index (χ2v) is 5.87. The van der Waals surface area contributed by atoms with E-state index >= 15 is 0 Å². The Morgan fingerprint density at radius 3 is 3.00 bits per heavy atom. The molecular formula is C17H15BrN2O. The topological polar surface area (TPSA) is 45.0 Å². The molecule has 0 fully saturated rings. The van der Waals surface area contributed by atoms with Crippen molar-refractivity contribution in [1.29, 1.82) is 5.26 Å². The van der Waals surface area contributed by atoms with Crippen molar-refractivity contribution in [3.8, 4) is 11.8 Å². The van der Waals surface area contributed by atoms with Crippen LogP contribution >= 0.6 is 15.9 Å². The maximum atomic E-state index is 8.57. The lowest BCUT2D eigenvalue weighted by Gasteiger charge is -2.16. The number of rotatable bonds is 4. The van der Waals surface area contributed by atoms with Gasteiger partial charge >= 0.3 is 0 Å². The predicted molar refractivity (Wildman–Crippen MR) is 86.4 cm³/mol. The summed E-state index contributed by atoms with van der Waals surface area (Å²) in [5.41, 5.74) is 3.77. The highest BCUT2D eigenvalue weighted by Gasteiger charge is 2.23. The maximum Gasteiger partial charge on any atom is 0.174 e. The molecule has 0 amide bonds. The number of anilines is 1. The molecule has 0 aliphatic heterocycles. The molecule has 1 aliphatic carbocycles. The van der Waals surface area contributed by atoms with Crippen LogP contribution in [-0.2, 0) is 6.42 Å².